The second-order valence-electron chi connectivity index (χ2n) is 16.3. The van der Waals surface area contributed by atoms with Crippen LogP contribution in [0.3, 0.4) is 0 Å². The summed E-state index contributed by atoms with van der Waals surface area (Å²) in [4.78, 5) is 18.1. The van der Waals surface area contributed by atoms with Gasteiger partial charge in [-0.2, -0.15) is 4.31 Å². The average Bonchev–Trinajstić information content (AvgIpc) is 3.39. The molecular weight excluding hydrogens is 734 g/mol. The maximum absolute atomic E-state index is 15.8. The van der Waals surface area contributed by atoms with Crippen LogP contribution in [-0.4, -0.2) is 80.1 Å². The minimum absolute atomic E-state index is 0.0559. The van der Waals surface area contributed by atoms with E-state index in [1.807, 2.05) is 62.6 Å². The van der Waals surface area contributed by atoms with Gasteiger partial charge < -0.3 is 15.0 Å². The molecule has 1 saturated heterocycles. The molecule has 6 atom stereocenters. The van der Waals surface area contributed by atoms with Crippen molar-refractivity contribution in [2.45, 2.75) is 84.2 Å². The monoisotopic (exact) mass is 786 g/mol. The highest BCUT2D eigenvalue weighted by Crippen LogP contribution is 2.61. The molecule has 12 heteroatoms. The third kappa shape index (κ3) is 8.73. The Balaban J connectivity index is 1.25. The summed E-state index contributed by atoms with van der Waals surface area (Å²) in [6, 6.07) is 17.9. The second-order valence-corrected chi connectivity index (χ2v) is 19.1. The zero-order valence-corrected chi connectivity index (χ0v) is 33.9. The van der Waals surface area contributed by atoms with Crippen LogP contribution in [0.15, 0.2) is 60.7 Å². The Hall–Kier alpha value is -2.73. The van der Waals surface area contributed by atoms with Crippen molar-refractivity contribution in [1.29, 1.82) is 0 Å². The van der Waals surface area contributed by atoms with Gasteiger partial charge in [0.25, 0.3) is 0 Å². The van der Waals surface area contributed by atoms with E-state index in [9.17, 15) is 13.2 Å². The minimum Gasteiger partial charge on any atom is -0.494 e. The summed E-state index contributed by atoms with van der Waals surface area (Å²) in [5, 5.41) is 4.23. The molecule has 1 aliphatic heterocycles. The number of ether oxygens (including phenoxy) is 1. The summed E-state index contributed by atoms with van der Waals surface area (Å²) >= 11 is 13.0. The molecule has 3 aromatic carbocycles. The smallest absolute Gasteiger partial charge is 0.238 e. The second kappa shape index (κ2) is 16.2. The SMILES string of the molecule is COc1ccc(Cl)c(CN(Cc2cccc(CN3C(C(=O)NC4CC5CC(C4C)C5(C)C)CCS3(=O)=O)c2)C(Cc2cccc(Cl)c2)CN(C)C)c1F. The Morgan fingerprint density at radius 2 is 1.75 bits per heavy atom. The van der Waals surface area contributed by atoms with Crippen molar-refractivity contribution in [1.82, 2.24) is 19.4 Å². The predicted molar refractivity (Wildman–Crippen MR) is 210 cm³/mol. The van der Waals surface area contributed by atoms with Gasteiger partial charge in [-0.1, -0.05) is 80.4 Å². The zero-order chi connectivity index (χ0) is 38.2. The van der Waals surface area contributed by atoms with Crippen LogP contribution in [0.4, 0.5) is 4.39 Å². The number of likely N-dealkylation sites (N-methyl/N-ethyl adjacent to an activating group) is 1. The van der Waals surface area contributed by atoms with Crippen molar-refractivity contribution in [2.24, 2.45) is 23.2 Å². The maximum Gasteiger partial charge on any atom is 0.238 e. The van der Waals surface area contributed by atoms with Crippen molar-refractivity contribution in [3.63, 3.8) is 0 Å². The highest BCUT2D eigenvalue weighted by Gasteiger charge is 2.56. The van der Waals surface area contributed by atoms with Gasteiger partial charge in [0.15, 0.2) is 11.6 Å². The van der Waals surface area contributed by atoms with Gasteiger partial charge in [0.05, 0.1) is 12.9 Å². The van der Waals surface area contributed by atoms with E-state index in [-0.39, 0.29) is 49.0 Å². The molecule has 1 N–H and O–H groups in total. The van der Waals surface area contributed by atoms with Gasteiger partial charge >= 0.3 is 0 Å². The molecule has 4 fully saturated rings. The van der Waals surface area contributed by atoms with Crippen LogP contribution >= 0.6 is 23.2 Å². The lowest BCUT2D eigenvalue weighted by Gasteiger charge is -2.62. The average molecular weight is 788 g/mol. The molecule has 2 bridgehead atoms. The van der Waals surface area contributed by atoms with Gasteiger partial charge in [-0.3, -0.25) is 9.69 Å². The van der Waals surface area contributed by atoms with Crippen molar-refractivity contribution in [3.05, 3.63) is 98.8 Å². The molecule has 8 nitrogen and oxygen atoms in total. The number of hydrogen-bond acceptors (Lipinski definition) is 6. The first-order valence-corrected chi connectivity index (χ1v) is 21.0. The van der Waals surface area contributed by atoms with Crippen molar-refractivity contribution in [2.75, 3.05) is 33.5 Å². The molecule has 1 amide bonds. The molecule has 3 saturated carbocycles. The predicted octanol–water partition coefficient (Wildman–Crippen LogP) is 7.41. The van der Waals surface area contributed by atoms with E-state index in [1.54, 1.807) is 6.07 Å². The van der Waals surface area contributed by atoms with Gasteiger partial charge in [-0.05, 0) is 104 Å². The Morgan fingerprint density at radius 3 is 2.43 bits per heavy atom. The third-order valence-corrected chi connectivity index (χ3v) is 14.7. The standard InChI is InChI=1S/C41H53Cl2FN4O4S/c1-26-34-20-30(41(34,2)3)21-36(26)45-40(49)37-15-16-53(50,51)48(37)23-29-11-7-10-28(17-29)22-47(25-33-35(43)13-14-38(52-6)39(33)44)32(24-46(4)5)19-27-9-8-12-31(42)18-27/h7-14,17-18,26,30,32,34,36-37H,15-16,19-25H2,1-6H3,(H,45,49). The fraction of sp³-hybridized carbons (Fsp3) is 0.537. The van der Waals surface area contributed by atoms with Gasteiger partial charge in [0, 0.05) is 53.9 Å². The highest BCUT2D eigenvalue weighted by molar-refractivity contribution is 7.89. The summed E-state index contributed by atoms with van der Waals surface area (Å²) in [6.07, 6.45) is 3.05. The molecule has 288 valence electrons. The molecule has 0 radical (unpaired) electrons. The van der Waals surface area contributed by atoms with Crippen LogP contribution < -0.4 is 10.1 Å². The van der Waals surface area contributed by atoms with Crippen LogP contribution in [0.1, 0.15) is 62.3 Å². The van der Waals surface area contributed by atoms with E-state index < -0.39 is 21.9 Å². The number of nitrogens with zero attached hydrogens (tertiary/aromatic N) is 3. The van der Waals surface area contributed by atoms with Crippen LogP contribution in [0.5, 0.6) is 5.75 Å². The van der Waals surface area contributed by atoms with E-state index in [2.05, 4.69) is 35.9 Å². The summed E-state index contributed by atoms with van der Waals surface area (Å²) in [6.45, 7) is 8.25. The first-order valence-electron chi connectivity index (χ1n) is 18.6. The molecule has 53 heavy (non-hydrogen) atoms. The third-order valence-electron chi connectivity index (χ3n) is 12.2. The van der Waals surface area contributed by atoms with Gasteiger partial charge in [-0.25, -0.2) is 12.8 Å². The van der Waals surface area contributed by atoms with Crippen LogP contribution in [-0.2, 0) is 40.9 Å². The fourth-order valence-electron chi connectivity index (χ4n) is 9.11. The Labute approximate surface area is 325 Å². The van der Waals surface area contributed by atoms with E-state index in [0.29, 0.717) is 58.3 Å². The van der Waals surface area contributed by atoms with E-state index in [1.165, 1.54) is 23.9 Å². The number of sulfonamides is 1. The molecule has 3 aromatic rings. The Bertz CT molecular complexity index is 1910. The normalized spacial score (nSPS) is 25.3. The molecule has 3 aliphatic carbocycles. The van der Waals surface area contributed by atoms with Gasteiger partial charge in [0.2, 0.25) is 15.9 Å². The van der Waals surface area contributed by atoms with Crippen LogP contribution in [0.25, 0.3) is 0 Å². The Kier molecular flexibility index (Phi) is 12.2. The van der Waals surface area contributed by atoms with Crippen molar-refractivity contribution >= 4 is 39.1 Å². The van der Waals surface area contributed by atoms with E-state index in [0.717, 1.165) is 23.1 Å². The molecule has 4 aliphatic rings. The number of rotatable bonds is 14. The minimum atomic E-state index is -3.63. The maximum atomic E-state index is 15.8. The quantitative estimate of drug-likeness (QED) is 0.184. The van der Waals surface area contributed by atoms with Crippen LogP contribution in [0, 0.1) is 29.0 Å². The molecule has 7 rings (SSSR count). The largest absolute Gasteiger partial charge is 0.494 e. The Morgan fingerprint density at radius 1 is 1.04 bits per heavy atom. The number of methoxy groups -OCH3 is 1. The van der Waals surface area contributed by atoms with Gasteiger partial charge in [-0.15, -0.1) is 0 Å². The lowest BCUT2D eigenvalue weighted by Crippen LogP contribution is -2.61. The summed E-state index contributed by atoms with van der Waals surface area (Å²) in [5.74, 6) is 0.858. The fourth-order valence-corrected chi connectivity index (χ4v) is 11.2. The summed E-state index contributed by atoms with van der Waals surface area (Å²) < 4.78 is 49.3. The van der Waals surface area contributed by atoms with Gasteiger partial charge in [0.1, 0.15) is 6.04 Å². The van der Waals surface area contributed by atoms with Crippen LogP contribution in [0.2, 0.25) is 10.0 Å². The topological polar surface area (TPSA) is 82.2 Å². The molecule has 0 aromatic heterocycles. The number of nitrogens with one attached hydrogen (secondary N) is 1. The van der Waals surface area contributed by atoms with Crippen molar-refractivity contribution < 1.29 is 22.3 Å². The lowest BCUT2D eigenvalue weighted by molar-refractivity contribution is -0.136. The van der Waals surface area contributed by atoms with Crippen molar-refractivity contribution in [3.8, 4) is 5.75 Å². The van der Waals surface area contributed by atoms with E-state index in [4.69, 9.17) is 27.9 Å². The molecular formula is C41H53Cl2FN4O4S. The molecule has 0 spiro atoms. The molecule has 6 unspecified atom stereocenters. The highest BCUT2D eigenvalue weighted by atomic mass is 35.5. The number of fused-ring (bicyclic) bond motifs is 2. The number of halogens is 3. The summed E-state index contributed by atoms with van der Waals surface area (Å²) in [7, 11) is 1.81. The first kappa shape index (κ1) is 39.9. The number of benzene rings is 3. The summed E-state index contributed by atoms with van der Waals surface area (Å²) in [5.41, 5.74) is 3.38. The number of amides is 1. The lowest BCUT2D eigenvalue weighted by atomic mass is 9.45. The zero-order valence-electron chi connectivity index (χ0n) is 31.6. The van der Waals surface area contributed by atoms with E-state index >= 15 is 4.39 Å². The number of carbonyl (C=O) groups excluding carboxylic acids is 1. The first-order chi connectivity index (χ1) is 25.1. The number of carbonyl (C=O) groups is 1. The molecule has 1 heterocycles. The number of hydrogen-bond donors (Lipinski definition) is 1.